The van der Waals surface area contributed by atoms with E-state index in [-0.39, 0.29) is 11.6 Å². The molecule has 2 aromatic carbocycles. The van der Waals surface area contributed by atoms with Crippen LogP contribution in [0.4, 0.5) is 11.6 Å². The van der Waals surface area contributed by atoms with E-state index in [9.17, 15) is 14.9 Å². The van der Waals surface area contributed by atoms with Gasteiger partial charge in [-0.25, -0.2) is 4.98 Å². The Hall–Kier alpha value is -3.50. The summed E-state index contributed by atoms with van der Waals surface area (Å²) in [7, 11) is 0. The number of hydrogen-bond acceptors (Lipinski definition) is 7. The normalized spacial score (nSPS) is 13.4. The largest absolute Gasteiger partial charge is 0.368 e. The van der Waals surface area contributed by atoms with Crippen LogP contribution in [0.1, 0.15) is 15.2 Å². The fourth-order valence-corrected chi connectivity index (χ4v) is 4.74. The van der Waals surface area contributed by atoms with Crippen molar-refractivity contribution < 1.29 is 9.72 Å². The number of amides is 1. The number of halogens is 1. The highest BCUT2D eigenvalue weighted by molar-refractivity contribution is 7.21. The Morgan fingerprint density at radius 3 is 2.90 bits per heavy atom. The maximum Gasteiger partial charge on any atom is 0.271 e. The van der Waals surface area contributed by atoms with Crippen molar-refractivity contribution in [1.29, 1.82) is 0 Å². The van der Waals surface area contributed by atoms with Gasteiger partial charge >= 0.3 is 0 Å². The van der Waals surface area contributed by atoms with Gasteiger partial charge in [0, 0.05) is 34.3 Å². The number of aliphatic imine (C=N–C) groups is 1. The maximum absolute atomic E-state index is 12.8. The summed E-state index contributed by atoms with van der Waals surface area (Å²) in [6.07, 6.45) is 0. The molecule has 0 spiro atoms. The molecule has 4 aromatic rings. The van der Waals surface area contributed by atoms with Crippen LogP contribution in [-0.2, 0) is 0 Å². The highest BCUT2D eigenvalue weighted by Crippen LogP contribution is 2.36. The molecule has 9 nitrogen and oxygen atoms in total. The number of carbonyl (C=O) groups excluding carboxylic acids is 1. The predicted molar refractivity (Wildman–Crippen MR) is 117 cm³/mol. The van der Waals surface area contributed by atoms with Crippen molar-refractivity contribution in [1.82, 2.24) is 15.3 Å². The van der Waals surface area contributed by atoms with E-state index in [0.717, 1.165) is 34.6 Å². The van der Waals surface area contributed by atoms with E-state index in [0.29, 0.717) is 20.9 Å². The van der Waals surface area contributed by atoms with Crippen LogP contribution in [0.2, 0.25) is 5.02 Å². The van der Waals surface area contributed by atoms with Gasteiger partial charge in [0.05, 0.1) is 27.5 Å². The van der Waals surface area contributed by atoms with Gasteiger partial charge in [-0.1, -0.05) is 23.7 Å². The molecule has 0 fully saturated rings. The number of nitro groups is 1. The molecule has 0 saturated carbocycles. The van der Waals surface area contributed by atoms with Crippen LogP contribution in [0.15, 0.2) is 41.4 Å². The quantitative estimate of drug-likeness (QED) is 0.327. The van der Waals surface area contributed by atoms with Crippen LogP contribution < -0.4 is 10.6 Å². The molecule has 1 amide bonds. The Balaban J connectivity index is 1.45. The van der Waals surface area contributed by atoms with Crippen molar-refractivity contribution in [2.45, 2.75) is 0 Å². The van der Waals surface area contributed by atoms with Gasteiger partial charge in [-0.15, -0.1) is 11.3 Å². The third-order valence-corrected chi connectivity index (χ3v) is 6.35. The fourth-order valence-electron chi connectivity index (χ4n) is 3.28. The zero-order chi connectivity index (χ0) is 20.8. The first-order valence-electron chi connectivity index (χ1n) is 8.96. The molecule has 11 heteroatoms. The molecule has 5 rings (SSSR count). The van der Waals surface area contributed by atoms with Gasteiger partial charge in [0.25, 0.3) is 11.6 Å². The van der Waals surface area contributed by atoms with E-state index in [2.05, 4.69) is 25.6 Å². The number of aromatic nitrogens is 2. The van der Waals surface area contributed by atoms with E-state index in [4.69, 9.17) is 11.6 Å². The highest BCUT2D eigenvalue weighted by atomic mass is 35.5. The highest BCUT2D eigenvalue weighted by Gasteiger charge is 2.20. The van der Waals surface area contributed by atoms with Crippen molar-refractivity contribution in [3.05, 3.63) is 62.0 Å². The van der Waals surface area contributed by atoms with Crippen molar-refractivity contribution in [3.63, 3.8) is 0 Å². The van der Waals surface area contributed by atoms with Crippen LogP contribution in [0.3, 0.4) is 0 Å². The van der Waals surface area contributed by atoms with E-state index in [1.54, 1.807) is 0 Å². The smallest absolute Gasteiger partial charge is 0.271 e. The number of nitrogens with zero attached hydrogens (tertiary/aromatic N) is 3. The van der Waals surface area contributed by atoms with E-state index < -0.39 is 10.8 Å². The number of hydrogen-bond donors (Lipinski definition) is 3. The monoisotopic (exact) mass is 440 g/mol. The molecule has 1 aliphatic heterocycles. The molecule has 0 aliphatic carbocycles. The second-order valence-corrected chi connectivity index (χ2v) is 8.04. The van der Waals surface area contributed by atoms with Crippen LogP contribution in [0.25, 0.3) is 21.1 Å². The Morgan fingerprint density at radius 1 is 1.27 bits per heavy atom. The molecular weight excluding hydrogens is 428 g/mol. The van der Waals surface area contributed by atoms with Crippen LogP contribution >= 0.6 is 22.9 Å². The molecule has 0 bridgehead atoms. The van der Waals surface area contributed by atoms with Crippen molar-refractivity contribution in [2.24, 2.45) is 4.99 Å². The number of H-pyrrole nitrogens is 1. The molecule has 3 N–H and O–H groups in total. The first-order valence-corrected chi connectivity index (χ1v) is 10.2. The molecule has 0 saturated heterocycles. The number of imidazole rings is 1. The summed E-state index contributed by atoms with van der Waals surface area (Å²) < 4.78 is 0.874. The first kappa shape index (κ1) is 18.5. The Labute approximate surface area is 177 Å². The molecule has 0 atom stereocenters. The van der Waals surface area contributed by atoms with Crippen molar-refractivity contribution in [2.75, 3.05) is 18.4 Å². The van der Waals surface area contributed by atoms with Crippen LogP contribution in [0, 0.1) is 10.1 Å². The number of nitro benzene ring substituents is 1. The lowest BCUT2D eigenvalue weighted by atomic mass is 10.1. The summed E-state index contributed by atoms with van der Waals surface area (Å²) in [6.45, 7) is 1.56. The summed E-state index contributed by atoms with van der Waals surface area (Å²) >= 11 is 7.74. The van der Waals surface area contributed by atoms with Crippen molar-refractivity contribution >= 4 is 67.4 Å². The number of benzene rings is 2. The second-order valence-electron chi connectivity index (χ2n) is 6.61. The molecule has 0 unspecified atom stereocenters. The summed E-state index contributed by atoms with van der Waals surface area (Å²) in [4.78, 5) is 35.1. The van der Waals surface area contributed by atoms with Gasteiger partial charge in [-0.05, 0) is 12.1 Å². The maximum atomic E-state index is 12.8. The minimum atomic E-state index is -0.490. The van der Waals surface area contributed by atoms with E-state index >= 15 is 0 Å². The number of non-ortho nitro benzene ring substituents is 1. The summed E-state index contributed by atoms with van der Waals surface area (Å²) in [5.41, 5.74) is 1.85. The van der Waals surface area contributed by atoms with Gasteiger partial charge in [0.2, 0.25) is 5.95 Å². The summed E-state index contributed by atoms with van der Waals surface area (Å²) in [5.74, 6) is 0.616. The number of nitrogens with one attached hydrogen (secondary N) is 3. The topological polar surface area (TPSA) is 125 Å². The number of rotatable bonds is 4. The number of carbonyl (C=O) groups is 1. The third kappa shape index (κ3) is 3.15. The Bertz CT molecular complexity index is 1380. The zero-order valence-corrected chi connectivity index (χ0v) is 16.8. The third-order valence-electron chi connectivity index (χ3n) is 4.69. The SMILES string of the molecule is O=C(Nc1nc2ccc([N+](=O)[O-])cc2[nH]1)c1sc2cc(C3=NCCN3)ccc2c1Cl. The number of thiophene rings is 1. The fraction of sp³-hybridized carbons (Fsp3) is 0.105. The van der Waals surface area contributed by atoms with Gasteiger partial charge < -0.3 is 10.3 Å². The Morgan fingerprint density at radius 2 is 2.13 bits per heavy atom. The average molecular weight is 441 g/mol. The van der Waals surface area contributed by atoms with E-state index in [1.165, 1.54) is 29.5 Å². The zero-order valence-electron chi connectivity index (χ0n) is 15.2. The van der Waals surface area contributed by atoms with Crippen LogP contribution in [-0.4, -0.2) is 39.7 Å². The second kappa shape index (κ2) is 7.08. The molecule has 3 heterocycles. The molecule has 150 valence electrons. The minimum absolute atomic E-state index is 0.0614. The molecule has 1 aliphatic rings. The van der Waals surface area contributed by atoms with Gasteiger partial charge in [0.15, 0.2) is 0 Å². The van der Waals surface area contributed by atoms with Gasteiger partial charge in [0.1, 0.15) is 10.7 Å². The summed E-state index contributed by atoms with van der Waals surface area (Å²) in [5, 5.41) is 18.0. The number of amidine groups is 1. The Kier molecular flexibility index (Phi) is 4.37. The molecule has 2 aromatic heterocycles. The first-order chi connectivity index (χ1) is 14.5. The average Bonchev–Trinajstić information content (AvgIpc) is 3.45. The number of aromatic amines is 1. The number of fused-ring (bicyclic) bond motifs is 2. The van der Waals surface area contributed by atoms with Gasteiger partial charge in [-0.2, -0.15) is 0 Å². The lowest BCUT2D eigenvalue weighted by molar-refractivity contribution is -0.384. The minimum Gasteiger partial charge on any atom is -0.368 e. The molecule has 0 radical (unpaired) electrons. The number of anilines is 1. The van der Waals surface area contributed by atoms with Crippen LogP contribution in [0.5, 0.6) is 0 Å². The van der Waals surface area contributed by atoms with Crippen molar-refractivity contribution in [3.8, 4) is 0 Å². The lowest BCUT2D eigenvalue weighted by Gasteiger charge is -2.01. The molecular formula is C19H13ClN6O3S. The van der Waals surface area contributed by atoms with Gasteiger partial charge in [-0.3, -0.25) is 25.2 Å². The lowest BCUT2D eigenvalue weighted by Crippen LogP contribution is -2.19. The van der Waals surface area contributed by atoms with E-state index in [1.807, 2.05) is 18.2 Å². The predicted octanol–water partition coefficient (Wildman–Crippen LogP) is 3.94. The molecule has 30 heavy (non-hydrogen) atoms. The summed E-state index contributed by atoms with van der Waals surface area (Å²) in [6, 6.07) is 10.0. The standard InChI is InChI=1S/C19H13ClN6O3S/c20-15-11-3-1-9(17-21-5-6-22-17)7-14(11)30-16(15)18(27)25-19-23-12-4-2-10(26(28)29)8-13(12)24-19/h1-4,7-8H,5-6H2,(H,21,22)(H2,23,24,25,27).